The van der Waals surface area contributed by atoms with E-state index in [9.17, 15) is 4.79 Å². The molecule has 2 nitrogen and oxygen atoms in total. The number of rotatable bonds is 5. The van der Waals surface area contributed by atoms with E-state index in [1.807, 2.05) is 19.1 Å². The van der Waals surface area contributed by atoms with Crippen molar-refractivity contribution < 1.29 is 9.90 Å². The molecule has 1 atom stereocenters. The SMILES string of the molecule is CC(CCc1ccc(Br)cc1)CC(=O)O. The molecule has 1 rings (SSSR count). The summed E-state index contributed by atoms with van der Waals surface area (Å²) >= 11 is 3.38. The van der Waals surface area contributed by atoms with Crippen LogP contribution in [0.3, 0.4) is 0 Å². The molecule has 0 saturated heterocycles. The number of hydrogen-bond acceptors (Lipinski definition) is 1. The maximum Gasteiger partial charge on any atom is 0.303 e. The first kappa shape index (κ1) is 12.2. The smallest absolute Gasteiger partial charge is 0.303 e. The lowest BCUT2D eigenvalue weighted by Crippen LogP contribution is -2.05. The average molecular weight is 271 g/mol. The first-order chi connectivity index (χ1) is 7.08. The summed E-state index contributed by atoms with van der Waals surface area (Å²) in [5, 5.41) is 8.61. The predicted molar refractivity (Wildman–Crippen MR) is 63.9 cm³/mol. The molecule has 0 aliphatic rings. The molecule has 0 amide bonds. The van der Waals surface area contributed by atoms with Crippen LogP contribution in [0.1, 0.15) is 25.3 Å². The Kier molecular flexibility index (Phi) is 4.82. The van der Waals surface area contributed by atoms with E-state index in [-0.39, 0.29) is 12.3 Å². The number of carboxylic acids is 1. The summed E-state index contributed by atoms with van der Waals surface area (Å²) in [6.07, 6.45) is 2.13. The van der Waals surface area contributed by atoms with E-state index in [1.54, 1.807) is 0 Å². The predicted octanol–water partition coefficient (Wildman–Crippen LogP) is 3.49. The zero-order chi connectivity index (χ0) is 11.3. The molecule has 82 valence electrons. The number of carboxylic acid groups (broad SMARTS) is 1. The van der Waals surface area contributed by atoms with Gasteiger partial charge in [0.15, 0.2) is 0 Å². The number of aliphatic carboxylic acids is 1. The highest BCUT2D eigenvalue weighted by Gasteiger charge is 2.07. The van der Waals surface area contributed by atoms with E-state index in [4.69, 9.17) is 5.11 Å². The lowest BCUT2D eigenvalue weighted by atomic mass is 9.98. The first-order valence-electron chi connectivity index (χ1n) is 5.04. The highest BCUT2D eigenvalue weighted by molar-refractivity contribution is 9.10. The molecule has 3 heteroatoms. The molecule has 0 bridgehead atoms. The van der Waals surface area contributed by atoms with E-state index in [0.29, 0.717) is 0 Å². The van der Waals surface area contributed by atoms with Crippen molar-refractivity contribution >= 4 is 21.9 Å². The fraction of sp³-hybridized carbons (Fsp3) is 0.417. The molecule has 0 aliphatic heterocycles. The maximum absolute atomic E-state index is 10.5. The minimum Gasteiger partial charge on any atom is -0.481 e. The molecule has 1 N–H and O–H groups in total. The van der Waals surface area contributed by atoms with E-state index >= 15 is 0 Å². The number of hydrogen-bond donors (Lipinski definition) is 1. The Morgan fingerprint density at radius 3 is 2.53 bits per heavy atom. The molecule has 0 aromatic heterocycles. The van der Waals surface area contributed by atoms with Gasteiger partial charge in [0.1, 0.15) is 0 Å². The molecule has 0 heterocycles. The van der Waals surface area contributed by atoms with Crippen LogP contribution in [0.25, 0.3) is 0 Å². The van der Waals surface area contributed by atoms with Gasteiger partial charge in [-0.25, -0.2) is 0 Å². The highest BCUT2D eigenvalue weighted by atomic mass is 79.9. The van der Waals surface area contributed by atoms with Gasteiger partial charge in [0, 0.05) is 10.9 Å². The largest absolute Gasteiger partial charge is 0.481 e. The Morgan fingerprint density at radius 2 is 2.00 bits per heavy atom. The molecule has 0 radical (unpaired) electrons. The van der Waals surface area contributed by atoms with Crippen molar-refractivity contribution in [2.24, 2.45) is 5.92 Å². The Hall–Kier alpha value is -0.830. The summed E-state index contributed by atoms with van der Waals surface area (Å²) in [6.45, 7) is 1.98. The van der Waals surface area contributed by atoms with Crippen molar-refractivity contribution in [2.75, 3.05) is 0 Å². The second-order valence-corrected chi connectivity index (χ2v) is 4.78. The molecule has 0 saturated carbocycles. The van der Waals surface area contributed by atoms with Crippen molar-refractivity contribution in [3.8, 4) is 0 Å². The van der Waals surface area contributed by atoms with Gasteiger partial charge in [-0.2, -0.15) is 0 Å². The van der Waals surface area contributed by atoms with Crippen LogP contribution in [0.2, 0.25) is 0 Å². The zero-order valence-corrected chi connectivity index (χ0v) is 10.3. The summed E-state index contributed by atoms with van der Waals surface area (Å²) in [5.74, 6) is -0.468. The van der Waals surface area contributed by atoms with E-state index in [2.05, 4.69) is 28.1 Å². The van der Waals surface area contributed by atoms with Crippen molar-refractivity contribution in [2.45, 2.75) is 26.2 Å². The minimum atomic E-state index is -0.710. The average Bonchev–Trinajstić information content (AvgIpc) is 2.16. The van der Waals surface area contributed by atoms with Crippen molar-refractivity contribution in [3.63, 3.8) is 0 Å². The number of halogens is 1. The topological polar surface area (TPSA) is 37.3 Å². The Morgan fingerprint density at radius 1 is 1.40 bits per heavy atom. The summed E-state index contributed by atoms with van der Waals surface area (Å²) in [4.78, 5) is 10.5. The van der Waals surface area contributed by atoms with E-state index in [0.717, 1.165) is 17.3 Å². The molecule has 1 aromatic rings. The highest BCUT2D eigenvalue weighted by Crippen LogP contribution is 2.15. The number of carbonyl (C=O) groups is 1. The van der Waals surface area contributed by atoms with Crippen LogP contribution >= 0.6 is 15.9 Å². The quantitative estimate of drug-likeness (QED) is 0.890. The minimum absolute atomic E-state index is 0.242. The Balaban J connectivity index is 2.36. The lowest BCUT2D eigenvalue weighted by Gasteiger charge is -2.08. The summed E-state index contributed by atoms with van der Waals surface area (Å²) in [5.41, 5.74) is 1.26. The normalized spacial score (nSPS) is 12.4. The molecule has 1 unspecified atom stereocenters. The Labute approximate surface area is 98.4 Å². The molecule has 1 aromatic carbocycles. The number of aryl methyl sites for hydroxylation is 1. The molecule has 0 fully saturated rings. The second kappa shape index (κ2) is 5.91. The first-order valence-corrected chi connectivity index (χ1v) is 5.83. The van der Waals surface area contributed by atoms with Gasteiger partial charge in [0.05, 0.1) is 0 Å². The Bertz CT molecular complexity index is 319. The third-order valence-corrected chi connectivity index (χ3v) is 2.89. The van der Waals surface area contributed by atoms with Gasteiger partial charge in [-0.1, -0.05) is 35.0 Å². The lowest BCUT2D eigenvalue weighted by molar-refractivity contribution is -0.138. The fourth-order valence-corrected chi connectivity index (χ4v) is 1.73. The van der Waals surface area contributed by atoms with Gasteiger partial charge < -0.3 is 5.11 Å². The van der Waals surface area contributed by atoms with Crippen LogP contribution in [0.15, 0.2) is 28.7 Å². The van der Waals surface area contributed by atoms with Crippen LogP contribution in [0.4, 0.5) is 0 Å². The van der Waals surface area contributed by atoms with Crippen molar-refractivity contribution in [1.29, 1.82) is 0 Å². The monoisotopic (exact) mass is 270 g/mol. The fourth-order valence-electron chi connectivity index (χ4n) is 1.46. The summed E-state index contributed by atoms with van der Waals surface area (Å²) in [7, 11) is 0. The van der Waals surface area contributed by atoms with Crippen molar-refractivity contribution in [1.82, 2.24) is 0 Å². The van der Waals surface area contributed by atoms with Gasteiger partial charge in [0.2, 0.25) is 0 Å². The second-order valence-electron chi connectivity index (χ2n) is 3.87. The van der Waals surface area contributed by atoms with E-state index < -0.39 is 5.97 Å². The van der Waals surface area contributed by atoms with Crippen molar-refractivity contribution in [3.05, 3.63) is 34.3 Å². The zero-order valence-electron chi connectivity index (χ0n) is 8.74. The molecular weight excluding hydrogens is 256 g/mol. The van der Waals surface area contributed by atoms with Gasteiger partial charge in [-0.15, -0.1) is 0 Å². The molecular formula is C12H15BrO2. The van der Waals surface area contributed by atoms with Crippen LogP contribution < -0.4 is 0 Å². The molecule has 0 aliphatic carbocycles. The molecule has 15 heavy (non-hydrogen) atoms. The summed E-state index contributed by atoms with van der Waals surface area (Å²) < 4.78 is 1.07. The van der Waals surface area contributed by atoms with Gasteiger partial charge in [-0.3, -0.25) is 4.79 Å². The molecule has 0 spiro atoms. The van der Waals surface area contributed by atoms with Gasteiger partial charge in [0.25, 0.3) is 0 Å². The van der Waals surface area contributed by atoms with Crippen LogP contribution in [-0.4, -0.2) is 11.1 Å². The standard InChI is InChI=1S/C12H15BrO2/c1-9(8-12(14)15)2-3-10-4-6-11(13)7-5-10/h4-7,9H,2-3,8H2,1H3,(H,14,15). The third-order valence-electron chi connectivity index (χ3n) is 2.36. The van der Waals surface area contributed by atoms with Crippen LogP contribution in [0.5, 0.6) is 0 Å². The third kappa shape index (κ3) is 4.98. The number of benzene rings is 1. The van der Waals surface area contributed by atoms with Crippen LogP contribution in [-0.2, 0) is 11.2 Å². The van der Waals surface area contributed by atoms with Gasteiger partial charge in [-0.05, 0) is 36.5 Å². The van der Waals surface area contributed by atoms with E-state index in [1.165, 1.54) is 5.56 Å². The summed E-state index contributed by atoms with van der Waals surface area (Å²) in [6, 6.07) is 8.16. The van der Waals surface area contributed by atoms with Crippen LogP contribution in [0, 0.1) is 5.92 Å². The van der Waals surface area contributed by atoms with Gasteiger partial charge >= 0.3 is 5.97 Å². The maximum atomic E-state index is 10.5.